The van der Waals surface area contributed by atoms with E-state index in [1.807, 2.05) is 18.2 Å². The van der Waals surface area contributed by atoms with Gasteiger partial charge in [-0.25, -0.2) is 4.79 Å². The number of esters is 1. The molecule has 0 aromatic heterocycles. The molecule has 1 amide bonds. The van der Waals surface area contributed by atoms with Crippen LogP contribution < -0.4 is 0 Å². The summed E-state index contributed by atoms with van der Waals surface area (Å²) in [6, 6.07) is 13.6. The Morgan fingerprint density at radius 1 is 1.18 bits per heavy atom. The molecule has 1 fully saturated rings. The van der Waals surface area contributed by atoms with Gasteiger partial charge in [-0.15, -0.1) is 0 Å². The van der Waals surface area contributed by atoms with Crippen molar-refractivity contribution in [1.82, 2.24) is 4.90 Å². The quantitative estimate of drug-likeness (QED) is 0.462. The molecule has 1 atom stereocenters. The minimum Gasteiger partial charge on any atom is -0.449 e. The fourth-order valence-corrected chi connectivity index (χ4v) is 4.08. The number of aryl methyl sites for hydroxylation is 1. The lowest BCUT2D eigenvalue weighted by molar-refractivity contribution is -0.384. The summed E-state index contributed by atoms with van der Waals surface area (Å²) in [5.74, 6) is -0.325. The smallest absolute Gasteiger partial charge is 0.339 e. The van der Waals surface area contributed by atoms with Gasteiger partial charge in [0.25, 0.3) is 5.69 Å². The van der Waals surface area contributed by atoms with E-state index in [0.29, 0.717) is 37.9 Å². The minimum atomic E-state index is -0.741. The minimum absolute atomic E-state index is 0.00198. The van der Waals surface area contributed by atoms with Gasteiger partial charge < -0.3 is 9.64 Å². The first-order valence-electron chi connectivity index (χ1n) is 9.32. The van der Waals surface area contributed by atoms with Crippen LogP contribution in [0.3, 0.4) is 0 Å². The largest absolute Gasteiger partial charge is 0.449 e. The number of nitro benzene ring substituents is 1. The molecule has 0 radical (unpaired) electrons. The van der Waals surface area contributed by atoms with Crippen LogP contribution in [0.2, 0.25) is 0 Å². The van der Waals surface area contributed by atoms with Crippen molar-refractivity contribution in [3.63, 3.8) is 0 Å². The van der Waals surface area contributed by atoms with Gasteiger partial charge in [0.05, 0.1) is 17.0 Å². The standard InChI is InChI=1S/C21H20N2O5/c24-19(11-8-15-6-9-16(10-7-15)23(26)27)22-13-3-12-21(14-22)18-5-2-1-4-17(18)20(25)28-21/h1-2,4-7,9-10H,3,8,11-14H2. The van der Waals surface area contributed by atoms with Crippen LogP contribution in [0.1, 0.15) is 40.7 Å². The number of ether oxygens (including phenoxy) is 1. The van der Waals surface area contributed by atoms with Crippen LogP contribution in [-0.4, -0.2) is 34.8 Å². The predicted octanol–water partition coefficient (Wildman–Crippen LogP) is 3.22. The van der Waals surface area contributed by atoms with Gasteiger partial charge in [-0.2, -0.15) is 0 Å². The molecule has 0 bridgehead atoms. The number of piperidine rings is 1. The van der Waals surface area contributed by atoms with E-state index >= 15 is 0 Å². The molecule has 2 aliphatic heterocycles. The Balaban J connectivity index is 1.43. The Bertz CT molecular complexity index is 940. The second-order valence-corrected chi connectivity index (χ2v) is 7.27. The Hall–Kier alpha value is -3.22. The molecule has 7 nitrogen and oxygen atoms in total. The fourth-order valence-electron chi connectivity index (χ4n) is 4.08. The third kappa shape index (κ3) is 3.24. The Labute approximate surface area is 162 Å². The van der Waals surface area contributed by atoms with E-state index in [9.17, 15) is 19.7 Å². The van der Waals surface area contributed by atoms with Crippen molar-refractivity contribution in [2.75, 3.05) is 13.1 Å². The molecule has 4 rings (SSSR count). The van der Waals surface area contributed by atoms with Crippen LogP contribution in [-0.2, 0) is 21.6 Å². The number of hydrogen-bond acceptors (Lipinski definition) is 5. The highest BCUT2D eigenvalue weighted by Crippen LogP contribution is 2.42. The molecule has 2 aromatic carbocycles. The zero-order valence-electron chi connectivity index (χ0n) is 15.3. The molecule has 0 saturated carbocycles. The van der Waals surface area contributed by atoms with E-state index in [4.69, 9.17) is 4.74 Å². The number of rotatable bonds is 4. The number of carbonyl (C=O) groups is 2. The number of carbonyl (C=O) groups excluding carboxylic acids is 2. The number of nitro groups is 1. The predicted molar refractivity (Wildman–Crippen MR) is 101 cm³/mol. The number of benzene rings is 2. The number of amides is 1. The Morgan fingerprint density at radius 2 is 1.93 bits per heavy atom. The summed E-state index contributed by atoms with van der Waals surface area (Å²) in [5.41, 5.74) is 1.63. The molecule has 2 heterocycles. The summed E-state index contributed by atoms with van der Waals surface area (Å²) in [5, 5.41) is 10.7. The second kappa shape index (κ2) is 7.07. The first kappa shape index (κ1) is 18.2. The summed E-state index contributed by atoms with van der Waals surface area (Å²) < 4.78 is 5.74. The van der Waals surface area contributed by atoms with E-state index in [-0.39, 0.29) is 17.6 Å². The van der Waals surface area contributed by atoms with Crippen LogP contribution in [0.15, 0.2) is 48.5 Å². The van der Waals surface area contributed by atoms with Gasteiger partial charge >= 0.3 is 5.97 Å². The number of fused-ring (bicyclic) bond motifs is 2. The number of likely N-dealkylation sites (tertiary alicyclic amines) is 1. The average molecular weight is 380 g/mol. The molecule has 7 heteroatoms. The van der Waals surface area contributed by atoms with E-state index in [0.717, 1.165) is 17.5 Å². The highest BCUT2D eigenvalue weighted by Gasteiger charge is 2.48. The number of non-ortho nitro benzene ring substituents is 1. The van der Waals surface area contributed by atoms with Crippen LogP contribution >= 0.6 is 0 Å². The first-order chi connectivity index (χ1) is 13.5. The van der Waals surface area contributed by atoms with Crippen molar-refractivity contribution in [3.8, 4) is 0 Å². The average Bonchev–Trinajstić information content (AvgIpc) is 2.98. The third-order valence-electron chi connectivity index (χ3n) is 5.51. The third-order valence-corrected chi connectivity index (χ3v) is 5.51. The monoisotopic (exact) mass is 380 g/mol. The summed E-state index contributed by atoms with van der Waals surface area (Å²) >= 11 is 0. The summed E-state index contributed by atoms with van der Waals surface area (Å²) in [7, 11) is 0. The Morgan fingerprint density at radius 3 is 2.68 bits per heavy atom. The molecule has 28 heavy (non-hydrogen) atoms. The lowest BCUT2D eigenvalue weighted by Gasteiger charge is -2.39. The van der Waals surface area contributed by atoms with Gasteiger partial charge in [0.2, 0.25) is 5.91 Å². The van der Waals surface area contributed by atoms with Crippen LogP contribution in [0, 0.1) is 10.1 Å². The van der Waals surface area contributed by atoms with Gasteiger partial charge in [0, 0.05) is 30.7 Å². The molecule has 0 aliphatic carbocycles. The van der Waals surface area contributed by atoms with Crippen molar-refractivity contribution in [3.05, 3.63) is 75.3 Å². The summed E-state index contributed by atoms with van der Waals surface area (Å²) in [6.07, 6.45) is 2.30. The van der Waals surface area contributed by atoms with Gasteiger partial charge in [-0.3, -0.25) is 14.9 Å². The topological polar surface area (TPSA) is 89.8 Å². The van der Waals surface area contributed by atoms with E-state index in [2.05, 4.69) is 0 Å². The maximum absolute atomic E-state index is 12.8. The number of nitrogens with zero attached hydrogens (tertiary/aromatic N) is 2. The zero-order chi connectivity index (χ0) is 19.7. The molecule has 144 valence electrons. The van der Waals surface area contributed by atoms with Gasteiger partial charge in [0.15, 0.2) is 5.60 Å². The summed E-state index contributed by atoms with van der Waals surface area (Å²) in [6.45, 7) is 1.01. The highest BCUT2D eigenvalue weighted by molar-refractivity contribution is 5.95. The molecular formula is C21H20N2O5. The lowest BCUT2D eigenvalue weighted by Crippen LogP contribution is -2.48. The second-order valence-electron chi connectivity index (χ2n) is 7.27. The van der Waals surface area contributed by atoms with Crippen molar-refractivity contribution in [2.24, 2.45) is 0 Å². The van der Waals surface area contributed by atoms with Crippen molar-refractivity contribution in [1.29, 1.82) is 0 Å². The summed E-state index contributed by atoms with van der Waals surface area (Å²) in [4.78, 5) is 37.0. The maximum Gasteiger partial charge on any atom is 0.339 e. The zero-order valence-corrected chi connectivity index (χ0v) is 15.3. The molecule has 1 saturated heterocycles. The molecular weight excluding hydrogens is 360 g/mol. The normalized spacial score (nSPS) is 20.7. The molecule has 1 spiro atoms. The van der Waals surface area contributed by atoms with Crippen LogP contribution in [0.5, 0.6) is 0 Å². The maximum atomic E-state index is 12.8. The van der Waals surface area contributed by atoms with Gasteiger partial charge in [-0.05, 0) is 30.9 Å². The fraction of sp³-hybridized carbons (Fsp3) is 0.333. The molecule has 2 aliphatic rings. The lowest BCUT2D eigenvalue weighted by atomic mass is 9.85. The molecule has 2 aromatic rings. The van der Waals surface area contributed by atoms with E-state index in [1.165, 1.54) is 12.1 Å². The molecule has 1 unspecified atom stereocenters. The van der Waals surface area contributed by atoms with E-state index in [1.54, 1.807) is 23.1 Å². The van der Waals surface area contributed by atoms with Crippen molar-refractivity contribution in [2.45, 2.75) is 31.3 Å². The van der Waals surface area contributed by atoms with Crippen LogP contribution in [0.25, 0.3) is 0 Å². The Kier molecular flexibility index (Phi) is 4.58. The van der Waals surface area contributed by atoms with E-state index < -0.39 is 10.5 Å². The SMILES string of the molecule is O=C1OC2(CCCN(C(=O)CCc3ccc([N+](=O)[O-])cc3)C2)c2ccccc21. The molecule has 0 N–H and O–H groups in total. The van der Waals surface area contributed by atoms with Gasteiger partial charge in [-0.1, -0.05) is 30.3 Å². The van der Waals surface area contributed by atoms with Crippen LogP contribution in [0.4, 0.5) is 5.69 Å². The van der Waals surface area contributed by atoms with Gasteiger partial charge in [0.1, 0.15) is 0 Å². The number of hydrogen-bond donors (Lipinski definition) is 0. The highest BCUT2D eigenvalue weighted by atomic mass is 16.6. The first-order valence-corrected chi connectivity index (χ1v) is 9.32. The van der Waals surface area contributed by atoms with Crippen molar-refractivity contribution < 1.29 is 19.2 Å². The van der Waals surface area contributed by atoms with Crippen molar-refractivity contribution >= 4 is 17.6 Å².